The van der Waals surface area contributed by atoms with E-state index in [0.717, 1.165) is 19.6 Å². The van der Waals surface area contributed by atoms with E-state index in [1.54, 1.807) is 0 Å². The first-order valence-corrected chi connectivity index (χ1v) is 5.41. The molecule has 0 aliphatic rings. The normalized spacial score (nSPS) is 10.3. The fourth-order valence-corrected chi connectivity index (χ4v) is 1.11. The third kappa shape index (κ3) is 5.55. The number of esters is 1. The zero-order valence-electron chi connectivity index (χ0n) is 7.73. The lowest BCUT2D eigenvalue weighted by Crippen LogP contribution is -3.11. The molecule has 0 fully saturated rings. The number of alkyl halides is 1. The molecule has 0 aromatic heterocycles. The van der Waals surface area contributed by atoms with Crippen molar-refractivity contribution in [3.05, 3.63) is 0 Å². The number of likely N-dealkylation sites (N-methyl/N-ethyl adjacent to an activating group) is 1. The standard InChI is InChI=1S/C8H16BrNO2/c1-3-10(4-2)5-6-12-8(11)7-9/h3-7H2,1-2H3/p+1. The highest BCUT2D eigenvalue weighted by Crippen LogP contribution is 1.83. The Morgan fingerprint density at radius 1 is 1.42 bits per heavy atom. The van der Waals surface area contributed by atoms with Crippen LogP contribution in [0.1, 0.15) is 13.8 Å². The topological polar surface area (TPSA) is 30.7 Å². The Hall–Kier alpha value is -0.0900. The first-order chi connectivity index (χ1) is 5.74. The van der Waals surface area contributed by atoms with Crippen molar-refractivity contribution in [1.29, 1.82) is 0 Å². The maximum Gasteiger partial charge on any atom is 0.316 e. The van der Waals surface area contributed by atoms with Crippen molar-refractivity contribution in [3.8, 4) is 0 Å². The number of hydrogen-bond donors (Lipinski definition) is 1. The lowest BCUT2D eigenvalue weighted by molar-refractivity contribution is -0.896. The van der Waals surface area contributed by atoms with E-state index in [-0.39, 0.29) is 5.97 Å². The summed E-state index contributed by atoms with van der Waals surface area (Å²) in [5.41, 5.74) is 0. The molecular formula is C8H17BrNO2+. The van der Waals surface area contributed by atoms with Crippen LogP contribution in [0.5, 0.6) is 0 Å². The van der Waals surface area contributed by atoms with Crippen LogP contribution in [0.4, 0.5) is 0 Å². The highest BCUT2D eigenvalue weighted by Gasteiger charge is 2.04. The first-order valence-electron chi connectivity index (χ1n) is 4.29. The van der Waals surface area contributed by atoms with Gasteiger partial charge in [-0.25, -0.2) is 0 Å². The molecule has 0 heterocycles. The fourth-order valence-electron chi connectivity index (χ4n) is 0.951. The van der Waals surface area contributed by atoms with Crippen molar-refractivity contribution >= 4 is 21.9 Å². The Morgan fingerprint density at radius 2 is 2.00 bits per heavy atom. The molecule has 0 aromatic carbocycles. The number of rotatable bonds is 6. The van der Waals surface area contributed by atoms with Crippen molar-refractivity contribution < 1.29 is 14.4 Å². The number of nitrogens with one attached hydrogen (secondary N) is 1. The van der Waals surface area contributed by atoms with Crippen molar-refractivity contribution in [2.45, 2.75) is 13.8 Å². The molecule has 0 unspecified atom stereocenters. The summed E-state index contributed by atoms with van der Waals surface area (Å²) in [7, 11) is 0. The van der Waals surface area contributed by atoms with E-state index in [4.69, 9.17) is 4.74 Å². The Labute approximate surface area is 82.2 Å². The van der Waals surface area contributed by atoms with E-state index in [1.165, 1.54) is 4.90 Å². The van der Waals surface area contributed by atoms with Gasteiger partial charge in [0.15, 0.2) is 0 Å². The van der Waals surface area contributed by atoms with Crippen LogP contribution in [0.3, 0.4) is 0 Å². The second kappa shape index (κ2) is 7.55. The van der Waals surface area contributed by atoms with Gasteiger partial charge in [0.1, 0.15) is 18.5 Å². The van der Waals surface area contributed by atoms with Gasteiger partial charge < -0.3 is 9.64 Å². The molecular weight excluding hydrogens is 222 g/mol. The van der Waals surface area contributed by atoms with E-state index in [9.17, 15) is 4.79 Å². The van der Waals surface area contributed by atoms with Gasteiger partial charge in [0, 0.05) is 0 Å². The third-order valence-electron chi connectivity index (χ3n) is 1.83. The van der Waals surface area contributed by atoms with Crippen LogP contribution in [0.2, 0.25) is 0 Å². The molecule has 0 aliphatic carbocycles. The van der Waals surface area contributed by atoms with E-state index in [1.807, 2.05) is 0 Å². The molecule has 0 bridgehead atoms. The van der Waals surface area contributed by atoms with Crippen LogP contribution in [0.25, 0.3) is 0 Å². The minimum absolute atomic E-state index is 0.179. The Morgan fingerprint density at radius 3 is 2.42 bits per heavy atom. The molecule has 72 valence electrons. The summed E-state index contributed by atoms with van der Waals surface area (Å²) >= 11 is 3.03. The lowest BCUT2D eigenvalue weighted by Gasteiger charge is -2.14. The average Bonchev–Trinajstić information content (AvgIpc) is 2.12. The minimum atomic E-state index is -0.179. The van der Waals surface area contributed by atoms with E-state index in [2.05, 4.69) is 29.8 Å². The number of quaternary nitrogens is 1. The molecule has 0 aliphatic heterocycles. The van der Waals surface area contributed by atoms with Crippen LogP contribution in [0, 0.1) is 0 Å². The molecule has 0 aromatic rings. The van der Waals surface area contributed by atoms with E-state index < -0.39 is 0 Å². The van der Waals surface area contributed by atoms with Crippen LogP contribution in [0.15, 0.2) is 0 Å². The quantitative estimate of drug-likeness (QED) is 0.516. The van der Waals surface area contributed by atoms with Gasteiger partial charge in [-0.05, 0) is 13.8 Å². The predicted molar refractivity (Wildman–Crippen MR) is 51.7 cm³/mol. The number of carbonyl (C=O) groups excluding carboxylic acids is 1. The minimum Gasteiger partial charge on any atom is -0.459 e. The van der Waals surface area contributed by atoms with Gasteiger partial charge in [0.2, 0.25) is 0 Å². The molecule has 4 heteroatoms. The number of ether oxygens (including phenoxy) is 1. The monoisotopic (exact) mass is 238 g/mol. The van der Waals surface area contributed by atoms with Crippen LogP contribution < -0.4 is 4.90 Å². The summed E-state index contributed by atoms with van der Waals surface area (Å²) < 4.78 is 4.92. The molecule has 0 saturated heterocycles. The molecule has 0 radical (unpaired) electrons. The van der Waals surface area contributed by atoms with Gasteiger partial charge in [-0.3, -0.25) is 4.79 Å². The molecule has 1 N–H and O–H groups in total. The van der Waals surface area contributed by atoms with Crippen molar-refractivity contribution in [3.63, 3.8) is 0 Å². The molecule has 12 heavy (non-hydrogen) atoms. The summed E-state index contributed by atoms with van der Waals surface area (Å²) in [6, 6.07) is 0. The third-order valence-corrected chi connectivity index (χ3v) is 2.29. The van der Waals surface area contributed by atoms with Crippen molar-refractivity contribution in [2.75, 3.05) is 31.6 Å². The molecule has 3 nitrogen and oxygen atoms in total. The van der Waals surface area contributed by atoms with E-state index in [0.29, 0.717) is 11.9 Å². The molecule has 0 spiro atoms. The summed E-state index contributed by atoms with van der Waals surface area (Å²) in [5.74, 6) is -0.179. The largest absolute Gasteiger partial charge is 0.459 e. The van der Waals surface area contributed by atoms with Crippen molar-refractivity contribution in [1.82, 2.24) is 0 Å². The molecule has 0 amide bonds. The zero-order valence-corrected chi connectivity index (χ0v) is 9.32. The number of carbonyl (C=O) groups is 1. The van der Waals surface area contributed by atoms with Crippen LogP contribution in [-0.4, -0.2) is 37.5 Å². The fraction of sp³-hybridized carbons (Fsp3) is 0.875. The summed E-state index contributed by atoms with van der Waals surface area (Å²) in [4.78, 5) is 12.1. The maximum absolute atomic E-state index is 10.7. The van der Waals surface area contributed by atoms with Crippen molar-refractivity contribution in [2.24, 2.45) is 0 Å². The smallest absolute Gasteiger partial charge is 0.316 e. The SMILES string of the molecule is CC[NH+](CC)CCOC(=O)CBr. The molecule has 0 atom stereocenters. The summed E-state index contributed by atoms with van der Waals surface area (Å²) in [5, 5.41) is 0.292. The summed E-state index contributed by atoms with van der Waals surface area (Å²) in [6.07, 6.45) is 0. The predicted octanol–water partition coefficient (Wildman–Crippen LogP) is -0.151. The second-order valence-corrected chi connectivity index (χ2v) is 3.12. The van der Waals surface area contributed by atoms with Gasteiger partial charge in [-0.1, -0.05) is 15.9 Å². The average molecular weight is 239 g/mol. The Bertz CT molecular complexity index is 126. The van der Waals surface area contributed by atoms with Gasteiger partial charge in [0.25, 0.3) is 0 Å². The van der Waals surface area contributed by atoms with Gasteiger partial charge in [-0.2, -0.15) is 0 Å². The second-order valence-electron chi connectivity index (χ2n) is 2.56. The Kier molecular flexibility index (Phi) is 7.50. The first kappa shape index (κ1) is 11.9. The van der Waals surface area contributed by atoms with Gasteiger partial charge in [-0.15, -0.1) is 0 Å². The van der Waals surface area contributed by atoms with Gasteiger partial charge in [0.05, 0.1) is 13.1 Å². The van der Waals surface area contributed by atoms with E-state index >= 15 is 0 Å². The highest BCUT2D eigenvalue weighted by atomic mass is 79.9. The lowest BCUT2D eigenvalue weighted by atomic mass is 10.5. The Balaban J connectivity index is 3.34. The highest BCUT2D eigenvalue weighted by molar-refractivity contribution is 9.09. The zero-order chi connectivity index (χ0) is 9.40. The number of halogens is 1. The molecule has 0 saturated carbocycles. The maximum atomic E-state index is 10.7. The summed E-state index contributed by atoms with van der Waals surface area (Å²) in [6.45, 7) is 7.87. The number of hydrogen-bond acceptors (Lipinski definition) is 2. The van der Waals surface area contributed by atoms with Crippen LogP contribution >= 0.6 is 15.9 Å². The van der Waals surface area contributed by atoms with Crippen LogP contribution in [-0.2, 0) is 9.53 Å². The van der Waals surface area contributed by atoms with Gasteiger partial charge >= 0.3 is 5.97 Å². The molecule has 0 rings (SSSR count).